The van der Waals surface area contributed by atoms with Crippen molar-refractivity contribution in [3.05, 3.63) is 0 Å². The number of aliphatic hydroxyl groups excluding tert-OH is 2. The molecular formula is C20H40N10O7. The third kappa shape index (κ3) is 13.8. The Morgan fingerprint density at radius 2 is 1.14 bits per heavy atom. The zero-order chi connectivity index (χ0) is 28.7. The average Bonchev–Trinajstić information content (AvgIpc) is 2.78. The number of aliphatic hydroxyl groups is 2. The predicted octanol–water partition coefficient (Wildman–Crippen LogP) is -5.28. The number of hydrogen-bond donors (Lipinski definition) is 11. The molecule has 17 heteroatoms. The molecule has 212 valence electrons. The van der Waals surface area contributed by atoms with Crippen molar-refractivity contribution in [2.75, 3.05) is 13.1 Å². The van der Waals surface area contributed by atoms with Crippen LogP contribution < -0.4 is 44.6 Å². The summed E-state index contributed by atoms with van der Waals surface area (Å²) in [5, 5.41) is 36.2. The van der Waals surface area contributed by atoms with Crippen molar-refractivity contribution < 1.29 is 34.5 Å². The number of aliphatic carboxylic acids is 1. The Labute approximate surface area is 214 Å². The molecule has 17 nitrogen and oxygen atoms in total. The molecule has 6 unspecified atom stereocenters. The zero-order valence-electron chi connectivity index (χ0n) is 21.0. The van der Waals surface area contributed by atoms with Gasteiger partial charge in [0.1, 0.15) is 18.1 Å². The van der Waals surface area contributed by atoms with Gasteiger partial charge in [-0.1, -0.05) is 0 Å². The van der Waals surface area contributed by atoms with E-state index in [1.54, 1.807) is 0 Å². The number of carbonyl (C=O) groups excluding carboxylic acids is 3. The first kappa shape index (κ1) is 33.3. The number of aliphatic imine (C=N–C) groups is 2. The van der Waals surface area contributed by atoms with Crippen LogP contribution in [-0.4, -0.2) is 100 Å². The molecule has 0 aliphatic rings. The van der Waals surface area contributed by atoms with Gasteiger partial charge in [0.2, 0.25) is 17.7 Å². The number of amides is 3. The van der Waals surface area contributed by atoms with Crippen molar-refractivity contribution in [2.24, 2.45) is 38.7 Å². The zero-order valence-corrected chi connectivity index (χ0v) is 21.0. The van der Waals surface area contributed by atoms with Crippen molar-refractivity contribution in [3.63, 3.8) is 0 Å². The summed E-state index contributed by atoms with van der Waals surface area (Å²) in [4.78, 5) is 56.9. The number of carboxylic acids is 1. The summed E-state index contributed by atoms with van der Waals surface area (Å²) in [5.74, 6) is -4.38. The van der Waals surface area contributed by atoms with E-state index in [0.717, 1.165) is 0 Å². The van der Waals surface area contributed by atoms with Crippen LogP contribution in [0.5, 0.6) is 0 Å². The Morgan fingerprint density at radius 3 is 1.54 bits per heavy atom. The third-order valence-corrected chi connectivity index (χ3v) is 4.99. The lowest BCUT2D eigenvalue weighted by Crippen LogP contribution is -2.61. The van der Waals surface area contributed by atoms with Crippen molar-refractivity contribution in [2.45, 2.75) is 75.9 Å². The summed E-state index contributed by atoms with van der Waals surface area (Å²) in [5.41, 5.74) is 26.7. The van der Waals surface area contributed by atoms with E-state index in [2.05, 4.69) is 25.9 Å². The van der Waals surface area contributed by atoms with Crippen LogP contribution in [0.2, 0.25) is 0 Å². The number of nitrogens with one attached hydrogen (secondary N) is 3. The van der Waals surface area contributed by atoms with Gasteiger partial charge in [-0.25, -0.2) is 4.79 Å². The lowest BCUT2D eigenvalue weighted by atomic mass is 10.1. The molecule has 0 rings (SSSR count). The Morgan fingerprint density at radius 1 is 0.730 bits per heavy atom. The highest BCUT2D eigenvalue weighted by Crippen LogP contribution is 2.04. The van der Waals surface area contributed by atoms with Crippen LogP contribution >= 0.6 is 0 Å². The first-order chi connectivity index (χ1) is 17.2. The van der Waals surface area contributed by atoms with Gasteiger partial charge in [-0.15, -0.1) is 0 Å². The Kier molecular flexibility index (Phi) is 15.2. The fourth-order valence-electron chi connectivity index (χ4n) is 2.99. The van der Waals surface area contributed by atoms with Crippen LogP contribution in [0.25, 0.3) is 0 Å². The van der Waals surface area contributed by atoms with Gasteiger partial charge in [0.05, 0.1) is 18.2 Å². The molecule has 0 aliphatic carbocycles. The standard InChI is InChI=1S/C20H40N10O7/c1-9(31)13(16(34)28-12(18(36)37)6-4-8-27-20(24)25)30-17(35)14(10(2)32)29-15(33)11(21)5-3-7-26-19(22)23/h9-14,31-32H,3-8,21H2,1-2H3,(H,28,34)(H,29,33)(H,30,35)(H,36,37)(H4,22,23,26)(H4,24,25,27). The molecule has 37 heavy (non-hydrogen) atoms. The molecule has 0 aliphatic heterocycles. The molecule has 0 saturated carbocycles. The molecule has 6 atom stereocenters. The van der Waals surface area contributed by atoms with Crippen LogP contribution in [0.15, 0.2) is 9.98 Å². The Hall–Kier alpha value is -3.70. The van der Waals surface area contributed by atoms with Gasteiger partial charge >= 0.3 is 5.97 Å². The van der Waals surface area contributed by atoms with Crippen LogP contribution in [0.1, 0.15) is 39.5 Å². The summed E-state index contributed by atoms with van der Waals surface area (Å²) in [6, 6.07) is -5.53. The number of carboxylic acid groups (broad SMARTS) is 1. The molecule has 0 aromatic rings. The second-order valence-electron chi connectivity index (χ2n) is 8.36. The summed E-state index contributed by atoms with van der Waals surface area (Å²) >= 11 is 0. The molecule has 0 fully saturated rings. The maximum Gasteiger partial charge on any atom is 0.326 e. The van der Waals surface area contributed by atoms with E-state index in [-0.39, 0.29) is 44.3 Å². The van der Waals surface area contributed by atoms with E-state index in [0.29, 0.717) is 6.42 Å². The van der Waals surface area contributed by atoms with E-state index in [9.17, 15) is 34.5 Å². The predicted molar refractivity (Wildman–Crippen MR) is 135 cm³/mol. The van der Waals surface area contributed by atoms with E-state index >= 15 is 0 Å². The summed E-state index contributed by atoms with van der Waals surface area (Å²) < 4.78 is 0. The SMILES string of the molecule is CC(O)C(NC(=O)C(N)CCCN=C(N)N)C(=O)NC(C(=O)NC(CCCN=C(N)N)C(=O)O)C(C)O. The molecule has 3 amide bonds. The topological polar surface area (TPSA) is 320 Å². The van der Waals surface area contributed by atoms with Gasteiger partial charge in [-0.3, -0.25) is 24.4 Å². The minimum atomic E-state index is -1.60. The van der Waals surface area contributed by atoms with Crippen molar-refractivity contribution in [1.82, 2.24) is 16.0 Å². The number of guanidine groups is 2. The molecular weight excluding hydrogens is 492 g/mol. The monoisotopic (exact) mass is 532 g/mol. The number of hydrogen-bond acceptors (Lipinski definition) is 9. The second kappa shape index (κ2) is 16.9. The quantitative estimate of drug-likeness (QED) is 0.0475. The third-order valence-electron chi connectivity index (χ3n) is 4.99. The number of nitrogens with two attached hydrogens (primary N) is 5. The highest BCUT2D eigenvalue weighted by atomic mass is 16.4. The van der Waals surface area contributed by atoms with Crippen molar-refractivity contribution in [1.29, 1.82) is 0 Å². The van der Waals surface area contributed by atoms with Gasteiger partial charge in [0, 0.05) is 13.1 Å². The average molecular weight is 533 g/mol. The van der Waals surface area contributed by atoms with Crippen molar-refractivity contribution >= 4 is 35.6 Å². The van der Waals surface area contributed by atoms with Crippen molar-refractivity contribution in [3.8, 4) is 0 Å². The second-order valence-corrected chi connectivity index (χ2v) is 8.36. The van der Waals surface area contributed by atoms with Crippen LogP contribution in [0, 0.1) is 0 Å². The van der Waals surface area contributed by atoms with E-state index in [1.807, 2.05) is 0 Å². The first-order valence-corrected chi connectivity index (χ1v) is 11.5. The van der Waals surface area contributed by atoms with Gasteiger partial charge in [0.25, 0.3) is 0 Å². The minimum absolute atomic E-state index is 0.0360. The minimum Gasteiger partial charge on any atom is -0.480 e. The molecule has 0 saturated heterocycles. The molecule has 0 heterocycles. The normalized spacial score (nSPS) is 15.6. The van der Waals surface area contributed by atoms with Gasteiger partial charge in [-0.05, 0) is 39.5 Å². The fourth-order valence-corrected chi connectivity index (χ4v) is 2.99. The lowest BCUT2D eigenvalue weighted by molar-refractivity contribution is -0.143. The van der Waals surface area contributed by atoms with E-state index in [4.69, 9.17) is 28.7 Å². The Balaban J connectivity index is 5.23. The lowest BCUT2D eigenvalue weighted by Gasteiger charge is -2.27. The highest BCUT2D eigenvalue weighted by molar-refractivity contribution is 5.94. The van der Waals surface area contributed by atoms with Gasteiger partial charge < -0.3 is 59.9 Å². The van der Waals surface area contributed by atoms with Crippen LogP contribution in [0.3, 0.4) is 0 Å². The molecule has 16 N–H and O–H groups in total. The maximum absolute atomic E-state index is 12.8. The fraction of sp³-hybridized carbons (Fsp3) is 0.700. The van der Waals surface area contributed by atoms with Crippen LogP contribution in [0.4, 0.5) is 0 Å². The van der Waals surface area contributed by atoms with E-state index in [1.165, 1.54) is 13.8 Å². The number of nitrogens with zero attached hydrogens (tertiary/aromatic N) is 2. The molecule has 0 bridgehead atoms. The first-order valence-electron chi connectivity index (χ1n) is 11.5. The molecule has 0 aromatic carbocycles. The molecule has 0 aromatic heterocycles. The molecule has 0 radical (unpaired) electrons. The van der Waals surface area contributed by atoms with E-state index < -0.39 is 60.1 Å². The van der Waals surface area contributed by atoms with Gasteiger partial charge in [-0.2, -0.15) is 0 Å². The summed E-state index contributed by atoms with van der Waals surface area (Å²) in [7, 11) is 0. The largest absolute Gasteiger partial charge is 0.480 e. The van der Waals surface area contributed by atoms with Gasteiger partial charge in [0.15, 0.2) is 11.9 Å². The van der Waals surface area contributed by atoms with Crippen LogP contribution in [-0.2, 0) is 19.2 Å². The summed E-state index contributed by atoms with van der Waals surface area (Å²) in [6.45, 7) is 2.79. The maximum atomic E-state index is 12.8. The summed E-state index contributed by atoms with van der Waals surface area (Å²) in [6.07, 6.45) is -2.12. The highest BCUT2D eigenvalue weighted by Gasteiger charge is 2.34. The molecule has 0 spiro atoms. The Bertz CT molecular complexity index is 826. The number of carbonyl (C=O) groups is 4. The smallest absolute Gasteiger partial charge is 0.326 e. The number of rotatable bonds is 17.